The van der Waals surface area contributed by atoms with Gasteiger partial charge in [0.1, 0.15) is 16.9 Å². The fourth-order valence-corrected chi connectivity index (χ4v) is 4.06. The number of pyridine rings is 1. The predicted octanol–water partition coefficient (Wildman–Crippen LogP) is 5.35. The van der Waals surface area contributed by atoms with Gasteiger partial charge in [0.2, 0.25) is 0 Å². The molecule has 1 aliphatic heterocycles. The summed E-state index contributed by atoms with van der Waals surface area (Å²) in [4.78, 5) is 31.3. The number of likely N-dealkylation sites (tertiary alicyclic amines) is 1. The summed E-state index contributed by atoms with van der Waals surface area (Å²) in [6, 6.07) is 11.1. The standard InChI is InChI=1S/C24H27ClN4O3/c1-24(2,3)32-23(31)28-12-10-16(11-13-28)17-8-9-21-26-14-20(29(21)15-17)22(30)27-19-7-5-4-6-18(19)25/h4-9,14-16H,10-13H2,1-3H3,(H,27,30). The van der Waals surface area contributed by atoms with Crippen molar-refractivity contribution in [1.29, 1.82) is 0 Å². The van der Waals surface area contributed by atoms with Gasteiger partial charge in [-0.05, 0) is 63.3 Å². The molecule has 0 radical (unpaired) electrons. The second kappa shape index (κ2) is 8.82. The van der Waals surface area contributed by atoms with Gasteiger partial charge in [0, 0.05) is 19.3 Å². The van der Waals surface area contributed by atoms with Gasteiger partial charge in [-0.25, -0.2) is 9.78 Å². The minimum atomic E-state index is -0.499. The number of para-hydroxylation sites is 1. The molecule has 1 N–H and O–H groups in total. The summed E-state index contributed by atoms with van der Waals surface area (Å²) in [6.07, 6.45) is 4.94. The first-order valence-corrected chi connectivity index (χ1v) is 11.1. The number of rotatable bonds is 3. The molecule has 2 aromatic heterocycles. The Bertz CT molecular complexity index is 1140. The van der Waals surface area contributed by atoms with E-state index in [1.165, 1.54) is 0 Å². The molecule has 7 nitrogen and oxygen atoms in total. The topological polar surface area (TPSA) is 75.9 Å². The lowest BCUT2D eigenvalue weighted by atomic mass is 9.90. The first-order chi connectivity index (χ1) is 15.2. The fourth-order valence-electron chi connectivity index (χ4n) is 3.88. The summed E-state index contributed by atoms with van der Waals surface area (Å²) >= 11 is 6.17. The Hall–Kier alpha value is -3.06. The van der Waals surface area contributed by atoms with Gasteiger partial charge in [-0.3, -0.25) is 9.20 Å². The third-order valence-electron chi connectivity index (χ3n) is 5.50. The highest BCUT2D eigenvalue weighted by Crippen LogP contribution is 2.29. The summed E-state index contributed by atoms with van der Waals surface area (Å²) < 4.78 is 7.29. The lowest BCUT2D eigenvalue weighted by molar-refractivity contribution is 0.0204. The molecule has 3 heterocycles. The molecular weight excluding hydrogens is 428 g/mol. The summed E-state index contributed by atoms with van der Waals surface area (Å²) in [5, 5.41) is 3.33. The fraction of sp³-hybridized carbons (Fsp3) is 0.375. The minimum absolute atomic E-state index is 0.264. The number of nitrogens with zero attached hydrogens (tertiary/aromatic N) is 3. The zero-order chi connectivity index (χ0) is 22.9. The summed E-state index contributed by atoms with van der Waals surface area (Å²) in [5.41, 5.74) is 2.31. The molecule has 1 aliphatic rings. The van der Waals surface area contributed by atoms with E-state index in [0.717, 1.165) is 18.4 Å². The van der Waals surface area contributed by atoms with Crippen LogP contribution in [0, 0.1) is 0 Å². The van der Waals surface area contributed by atoms with Crippen molar-refractivity contribution in [1.82, 2.24) is 14.3 Å². The molecule has 0 spiro atoms. The Kier molecular flexibility index (Phi) is 6.11. The van der Waals surface area contributed by atoms with Crippen LogP contribution in [0.2, 0.25) is 5.02 Å². The average Bonchev–Trinajstić information content (AvgIpc) is 3.17. The van der Waals surface area contributed by atoms with Gasteiger partial charge in [0.05, 0.1) is 16.9 Å². The highest BCUT2D eigenvalue weighted by Gasteiger charge is 2.28. The Morgan fingerprint density at radius 1 is 1.12 bits per heavy atom. The highest BCUT2D eigenvalue weighted by atomic mass is 35.5. The van der Waals surface area contributed by atoms with Gasteiger partial charge in [-0.1, -0.05) is 29.8 Å². The van der Waals surface area contributed by atoms with E-state index in [4.69, 9.17) is 16.3 Å². The molecule has 3 aromatic rings. The number of piperidine rings is 1. The number of ether oxygens (including phenoxy) is 1. The van der Waals surface area contributed by atoms with Crippen LogP contribution in [0.1, 0.15) is 55.6 Å². The summed E-state index contributed by atoms with van der Waals surface area (Å²) in [7, 11) is 0. The smallest absolute Gasteiger partial charge is 0.410 e. The van der Waals surface area contributed by atoms with Crippen molar-refractivity contribution < 1.29 is 14.3 Å². The maximum Gasteiger partial charge on any atom is 0.410 e. The van der Waals surface area contributed by atoms with Gasteiger partial charge in [-0.2, -0.15) is 0 Å². The van der Waals surface area contributed by atoms with Crippen molar-refractivity contribution >= 4 is 34.9 Å². The Morgan fingerprint density at radius 3 is 2.53 bits per heavy atom. The number of hydrogen-bond acceptors (Lipinski definition) is 4. The molecule has 32 heavy (non-hydrogen) atoms. The predicted molar refractivity (Wildman–Crippen MR) is 124 cm³/mol. The quantitative estimate of drug-likeness (QED) is 0.578. The largest absolute Gasteiger partial charge is 0.444 e. The zero-order valence-electron chi connectivity index (χ0n) is 18.5. The molecule has 4 rings (SSSR count). The normalized spacial score (nSPS) is 15.1. The summed E-state index contributed by atoms with van der Waals surface area (Å²) in [5.74, 6) is 0.0162. The van der Waals surface area contributed by atoms with Crippen molar-refractivity contribution in [2.45, 2.75) is 45.1 Å². The molecule has 168 valence electrons. The molecule has 1 saturated heterocycles. The molecular formula is C24H27ClN4O3. The van der Waals surface area contributed by atoms with Crippen molar-refractivity contribution in [3.63, 3.8) is 0 Å². The van der Waals surface area contributed by atoms with E-state index in [2.05, 4.69) is 10.3 Å². The maximum absolute atomic E-state index is 12.9. The first kappa shape index (κ1) is 22.1. The number of aromatic nitrogens is 2. The van der Waals surface area contributed by atoms with E-state index in [1.54, 1.807) is 23.2 Å². The Morgan fingerprint density at radius 2 is 1.84 bits per heavy atom. The number of anilines is 1. The number of carbonyl (C=O) groups is 2. The lowest BCUT2D eigenvalue weighted by Gasteiger charge is -2.33. The Balaban J connectivity index is 1.48. The SMILES string of the molecule is CC(C)(C)OC(=O)N1CCC(c2ccc3ncc(C(=O)Nc4ccccc4Cl)n3c2)CC1. The number of amides is 2. The van der Waals surface area contributed by atoms with Crippen molar-refractivity contribution in [2.24, 2.45) is 0 Å². The van der Waals surface area contributed by atoms with Gasteiger partial charge < -0.3 is 15.0 Å². The van der Waals surface area contributed by atoms with Crippen LogP contribution in [0.25, 0.3) is 5.65 Å². The average molecular weight is 455 g/mol. The van der Waals surface area contributed by atoms with Crippen molar-refractivity contribution in [2.75, 3.05) is 18.4 Å². The van der Waals surface area contributed by atoms with Crippen LogP contribution in [0.15, 0.2) is 48.8 Å². The first-order valence-electron chi connectivity index (χ1n) is 10.7. The molecule has 0 atom stereocenters. The summed E-state index contributed by atoms with van der Waals surface area (Å²) in [6.45, 7) is 6.90. The molecule has 1 aromatic carbocycles. The van der Waals surface area contributed by atoms with Gasteiger partial charge in [0.15, 0.2) is 0 Å². The van der Waals surface area contributed by atoms with Crippen LogP contribution in [-0.2, 0) is 4.74 Å². The van der Waals surface area contributed by atoms with Crippen LogP contribution < -0.4 is 5.32 Å². The molecule has 1 fully saturated rings. The second-order valence-corrected chi connectivity index (χ2v) is 9.42. The molecule has 0 saturated carbocycles. The minimum Gasteiger partial charge on any atom is -0.444 e. The monoisotopic (exact) mass is 454 g/mol. The van der Waals surface area contributed by atoms with Crippen LogP contribution >= 0.6 is 11.6 Å². The molecule has 0 bridgehead atoms. The third kappa shape index (κ3) is 4.88. The third-order valence-corrected chi connectivity index (χ3v) is 5.83. The number of imidazole rings is 1. The van der Waals surface area contributed by atoms with E-state index in [1.807, 2.05) is 55.6 Å². The number of hydrogen-bond donors (Lipinski definition) is 1. The van der Waals surface area contributed by atoms with Gasteiger partial charge in [-0.15, -0.1) is 0 Å². The van der Waals surface area contributed by atoms with E-state index in [0.29, 0.717) is 41.1 Å². The number of carbonyl (C=O) groups excluding carboxylic acids is 2. The van der Waals surface area contributed by atoms with Crippen LogP contribution in [0.3, 0.4) is 0 Å². The van der Waals surface area contributed by atoms with E-state index in [9.17, 15) is 9.59 Å². The molecule has 2 amide bonds. The highest BCUT2D eigenvalue weighted by molar-refractivity contribution is 6.33. The number of halogens is 1. The number of fused-ring (bicyclic) bond motifs is 1. The van der Waals surface area contributed by atoms with E-state index < -0.39 is 5.60 Å². The molecule has 0 aliphatic carbocycles. The van der Waals surface area contributed by atoms with Crippen molar-refractivity contribution in [3.8, 4) is 0 Å². The van der Waals surface area contributed by atoms with Crippen molar-refractivity contribution in [3.05, 3.63) is 65.1 Å². The second-order valence-electron chi connectivity index (χ2n) is 9.01. The zero-order valence-corrected chi connectivity index (χ0v) is 19.2. The van der Waals surface area contributed by atoms with E-state index in [-0.39, 0.29) is 12.0 Å². The van der Waals surface area contributed by atoms with Crippen LogP contribution in [0.5, 0.6) is 0 Å². The van der Waals surface area contributed by atoms with Gasteiger partial charge in [0.25, 0.3) is 5.91 Å². The Labute approximate surface area is 192 Å². The molecule has 0 unspecified atom stereocenters. The van der Waals surface area contributed by atoms with Crippen LogP contribution in [0.4, 0.5) is 10.5 Å². The van der Waals surface area contributed by atoms with Gasteiger partial charge >= 0.3 is 6.09 Å². The van der Waals surface area contributed by atoms with E-state index >= 15 is 0 Å². The lowest BCUT2D eigenvalue weighted by Crippen LogP contribution is -2.41. The number of nitrogens with one attached hydrogen (secondary N) is 1. The van der Waals surface area contributed by atoms with Crippen LogP contribution in [-0.4, -0.2) is 45.0 Å². The number of benzene rings is 1. The maximum atomic E-state index is 12.9. The molecule has 8 heteroatoms.